The molecule has 0 saturated heterocycles. The van der Waals surface area contributed by atoms with E-state index in [1.807, 2.05) is 31.2 Å². The van der Waals surface area contributed by atoms with E-state index in [0.29, 0.717) is 18.1 Å². The van der Waals surface area contributed by atoms with Gasteiger partial charge in [-0.2, -0.15) is 0 Å². The van der Waals surface area contributed by atoms with E-state index in [9.17, 15) is 4.79 Å². The van der Waals surface area contributed by atoms with Crippen molar-refractivity contribution >= 4 is 17.5 Å². The molecule has 0 unspecified atom stereocenters. The third-order valence-electron chi connectivity index (χ3n) is 2.80. The van der Waals surface area contributed by atoms with Gasteiger partial charge in [0.2, 0.25) is 5.95 Å². The van der Waals surface area contributed by atoms with Gasteiger partial charge < -0.3 is 10.6 Å². The number of rotatable bonds is 2. The van der Waals surface area contributed by atoms with Crippen LogP contribution < -0.4 is 10.6 Å². The molecule has 0 bridgehead atoms. The lowest BCUT2D eigenvalue weighted by molar-refractivity contribution is 0.0965. The normalized spacial score (nSPS) is 13.1. The van der Waals surface area contributed by atoms with Crippen molar-refractivity contribution in [3.05, 3.63) is 47.3 Å². The zero-order valence-corrected chi connectivity index (χ0v) is 9.90. The van der Waals surface area contributed by atoms with Gasteiger partial charge in [-0.3, -0.25) is 4.79 Å². The Bertz CT molecular complexity index is 624. The minimum Gasteiger partial charge on any atom is -0.346 e. The molecule has 2 heterocycles. The monoisotopic (exact) mass is 240 g/mol. The molecule has 2 aromatic rings. The summed E-state index contributed by atoms with van der Waals surface area (Å²) in [5, 5.41) is 5.84. The molecular formula is C13H12N4O. The number of fused-ring (bicyclic) bond motifs is 1. The van der Waals surface area contributed by atoms with Gasteiger partial charge in [-0.25, -0.2) is 9.97 Å². The molecule has 5 heteroatoms. The Morgan fingerprint density at radius 2 is 2.28 bits per heavy atom. The van der Waals surface area contributed by atoms with E-state index in [1.54, 1.807) is 6.20 Å². The summed E-state index contributed by atoms with van der Waals surface area (Å²) in [5.74, 6) is 0.406. The average molecular weight is 240 g/mol. The predicted molar refractivity (Wildman–Crippen MR) is 67.7 cm³/mol. The summed E-state index contributed by atoms with van der Waals surface area (Å²) in [5.41, 5.74) is 3.40. The van der Waals surface area contributed by atoms with Crippen LogP contribution in [0.3, 0.4) is 0 Å². The van der Waals surface area contributed by atoms with E-state index in [4.69, 9.17) is 0 Å². The molecule has 90 valence electrons. The number of nitrogens with one attached hydrogen (secondary N) is 2. The number of aromatic nitrogens is 2. The summed E-state index contributed by atoms with van der Waals surface area (Å²) in [4.78, 5) is 19.8. The minimum absolute atomic E-state index is 0.105. The Labute approximate surface area is 104 Å². The average Bonchev–Trinajstić information content (AvgIpc) is 2.71. The number of anilines is 2. The van der Waals surface area contributed by atoms with E-state index in [0.717, 1.165) is 16.9 Å². The van der Waals surface area contributed by atoms with Gasteiger partial charge in [0.15, 0.2) is 0 Å². The van der Waals surface area contributed by atoms with E-state index in [-0.39, 0.29) is 5.91 Å². The first-order chi connectivity index (χ1) is 8.72. The van der Waals surface area contributed by atoms with Crippen LogP contribution in [0.4, 0.5) is 11.6 Å². The number of carbonyl (C=O) groups is 1. The maximum atomic E-state index is 11.4. The number of hydrogen-bond acceptors (Lipinski definition) is 4. The van der Waals surface area contributed by atoms with Crippen LogP contribution in [0.25, 0.3) is 0 Å². The number of benzene rings is 1. The highest BCUT2D eigenvalue weighted by atomic mass is 16.1. The Morgan fingerprint density at radius 1 is 1.39 bits per heavy atom. The first-order valence-corrected chi connectivity index (χ1v) is 5.70. The number of aryl methyl sites for hydroxylation is 1. The van der Waals surface area contributed by atoms with E-state index in [1.165, 1.54) is 0 Å². The Balaban J connectivity index is 1.88. The van der Waals surface area contributed by atoms with Gasteiger partial charge in [0, 0.05) is 11.9 Å². The summed E-state index contributed by atoms with van der Waals surface area (Å²) < 4.78 is 0. The van der Waals surface area contributed by atoms with Crippen LogP contribution in [-0.2, 0) is 6.54 Å². The van der Waals surface area contributed by atoms with Crippen LogP contribution in [0.2, 0.25) is 0 Å². The quantitative estimate of drug-likeness (QED) is 0.839. The second-order valence-electron chi connectivity index (χ2n) is 4.23. The molecule has 0 aliphatic carbocycles. The van der Waals surface area contributed by atoms with Gasteiger partial charge in [0.25, 0.3) is 5.91 Å². The van der Waals surface area contributed by atoms with Crippen LogP contribution in [-0.4, -0.2) is 15.9 Å². The Morgan fingerprint density at radius 3 is 3.11 bits per heavy atom. The SMILES string of the molecule is Cc1cccc(Nc2ncc3c(n2)CNC3=O)c1. The van der Waals surface area contributed by atoms with Crippen LogP contribution in [0, 0.1) is 6.92 Å². The molecule has 5 nitrogen and oxygen atoms in total. The van der Waals surface area contributed by atoms with E-state index < -0.39 is 0 Å². The van der Waals surface area contributed by atoms with E-state index in [2.05, 4.69) is 20.6 Å². The van der Waals surface area contributed by atoms with Gasteiger partial charge >= 0.3 is 0 Å². The van der Waals surface area contributed by atoms with Crippen molar-refractivity contribution < 1.29 is 4.79 Å². The molecule has 0 spiro atoms. The number of carbonyl (C=O) groups excluding carboxylic acids is 1. The molecule has 1 aromatic carbocycles. The zero-order chi connectivity index (χ0) is 12.5. The highest BCUT2D eigenvalue weighted by Gasteiger charge is 2.20. The lowest BCUT2D eigenvalue weighted by Gasteiger charge is -2.06. The number of nitrogens with zero attached hydrogens (tertiary/aromatic N) is 2. The van der Waals surface area contributed by atoms with Crippen molar-refractivity contribution in [2.75, 3.05) is 5.32 Å². The standard InChI is InChI=1S/C13H12N4O/c1-8-3-2-4-9(5-8)16-13-15-6-10-11(17-13)7-14-12(10)18/h2-6H,7H2,1H3,(H,14,18)(H,15,16,17). The van der Waals surface area contributed by atoms with Gasteiger partial charge in [0.05, 0.1) is 17.8 Å². The lowest BCUT2D eigenvalue weighted by atomic mass is 10.2. The fraction of sp³-hybridized carbons (Fsp3) is 0.154. The molecule has 0 fully saturated rings. The highest BCUT2D eigenvalue weighted by Crippen LogP contribution is 2.17. The van der Waals surface area contributed by atoms with Crippen molar-refractivity contribution in [3.8, 4) is 0 Å². The Hall–Kier alpha value is -2.43. The minimum atomic E-state index is -0.105. The molecule has 18 heavy (non-hydrogen) atoms. The van der Waals surface area contributed by atoms with Crippen LogP contribution in [0.5, 0.6) is 0 Å². The zero-order valence-electron chi connectivity index (χ0n) is 9.90. The third kappa shape index (κ3) is 1.90. The van der Waals surface area contributed by atoms with Gasteiger partial charge in [0.1, 0.15) is 0 Å². The fourth-order valence-electron chi connectivity index (χ4n) is 1.91. The lowest BCUT2D eigenvalue weighted by Crippen LogP contribution is -2.12. The molecule has 1 aliphatic rings. The van der Waals surface area contributed by atoms with Gasteiger partial charge in [-0.1, -0.05) is 12.1 Å². The number of amides is 1. The molecule has 3 rings (SSSR count). The Kier molecular flexibility index (Phi) is 2.44. The largest absolute Gasteiger partial charge is 0.346 e. The van der Waals surface area contributed by atoms with Crippen molar-refractivity contribution in [1.82, 2.24) is 15.3 Å². The van der Waals surface area contributed by atoms with Crippen molar-refractivity contribution in [1.29, 1.82) is 0 Å². The molecule has 0 saturated carbocycles. The topological polar surface area (TPSA) is 66.9 Å². The molecule has 1 aliphatic heterocycles. The summed E-state index contributed by atoms with van der Waals surface area (Å²) in [7, 11) is 0. The molecule has 0 atom stereocenters. The third-order valence-corrected chi connectivity index (χ3v) is 2.80. The van der Waals surface area contributed by atoms with E-state index >= 15 is 0 Å². The maximum absolute atomic E-state index is 11.4. The molecule has 0 radical (unpaired) electrons. The second-order valence-corrected chi connectivity index (χ2v) is 4.23. The first kappa shape index (κ1) is 10.7. The number of hydrogen-bond donors (Lipinski definition) is 2. The summed E-state index contributed by atoms with van der Waals surface area (Å²) >= 11 is 0. The molecule has 1 amide bonds. The van der Waals surface area contributed by atoms with Crippen molar-refractivity contribution in [2.24, 2.45) is 0 Å². The van der Waals surface area contributed by atoms with Gasteiger partial charge in [-0.15, -0.1) is 0 Å². The predicted octanol–water partition coefficient (Wildman–Crippen LogP) is 1.77. The molecule has 2 N–H and O–H groups in total. The second kappa shape index (κ2) is 4.10. The molecule has 1 aromatic heterocycles. The smallest absolute Gasteiger partial charge is 0.255 e. The summed E-state index contributed by atoms with van der Waals surface area (Å²) in [6.07, 6.45) is 1.56. The van der Waals surface area contributed by atoms with Crippen LogP contribution >= 0.6 is 0 Å². The first-order valence-electron chi connectivity index (χ1n) is 5.70. The maximum Gasteiger partial charge on any atom is 0.255 e. The van der Waals surface area contributed by atoms with Crippen molar-refractivity contribution in [2.45, 2.75) is 13.5 Å². The summed E-state index contributed by atoms with van der Waals surface area (Å²) in [6, 6.07) is 7.96. The van der Waals surface area contributed by atoms with Crippen molar-refractivity contribution in [3.63, 3.8) is 0 Å². The fourth-order valence-corrected chi connectivity index (χ4v) is 1.91. The summed E-state index contributed by atoms with van der Waals surface area (Å²) in [6.45, 7) is 2.50. The molecular weight excluding hydrogens is 228 g/mol. The van der Waals surface area contributed by atoms with Gasteiger partial charge in [-0.05, 0) is 24.6 Å². The van der Waals surface area contributed by atoms with Crippen LogP contribution in [0.15, 0.2) is 30.5 Å². The highest BCUT2D eigenvalue weighted by molar-refractivity contribution is 5.97. The van der Waals surface area contributed by atoms with Crippen LogP contribution in [0.1, 0.15) is 21.6 Å².